The van der Waals surface area contributed by atoms with Crippen LogP contribution in [-0.2, 0) is 6.42 Å². The molecule has 0 unspecified atom stereocenters. The highest BCUT2D eigenvalue weighted by molar-refractivity contribution is 5.68. The van der Waals surface area contributed by atoms with Gasteiger partial charge in [0.25, 0.3) is 0 Å². The summed E-state index contributed by atoms with van der Waals surface area (Å²) in [5.41, 5.74) is 7.50. The Balaban J connectivity index is 1.52. The summed E-state index contributed by atoms with van der Waals surface area (Å²) in [5, 5.41) is 0. The lowest BCUT2D eigenvalue weighted by molar-refractivity contribution is 0.348. The Labute approximate surface area is 172 Å². The molecule has 28 heavy (non-hydrogen) atoms. The summed E-state index contributed by atoms with van der Waals surface area (Å²) >= 11 is 0. The van der Waals surface area contributed by atoms with Crippen molar-refractivity contribution in [1.29, 1.82) is 0 Å². The van der Waals surface area contributed by atoms with Gasteiger partial charge >= 0.3 is 0 Å². The third-order valence-corrected chi connectivity index (χ3v) is 7.71. The van der Waals surface area contributed by atoms with Crippen molar-refractivity contribution in [2.45, 2.75) is 90.4 Å². The first-order chi connectivity index (χ1) is 13.6. The lowest BCUT2D eigenvalue weighted by atomic mass is 9.78. The first kappa shape index (κ1) is 19.7. The monoisotopic (exact) mass is 374 g/mol. The Morgan fingerprint density at radius 2 is 1.14 bits per heavy atom. The zero-order valence-corrected chi connectivity index (χ0v) is 18.2. The average Bonchev–Trinajstić information content (AvgIpc) is 2.74. The molecule has 0 aromatic heterocycles. The standard InChI is InChI=1S/C28H38/c1-4-22-19-27(25-11-7-21(3)8-12-25)17-18-28(22)26-15-13-24(14-16-26)23-9-5-20(2)6-10-23/h13-21,23,25H,4-12H2,1-3H3. The molecule has 0 bridgehead atoms. The Hall–Kier alpha value is -1.56. The summed E-state index contributed by atoms with van der Waals surface area (Å²) < 4.78 is 0. The van der Waals surface area contributed by atoms with Crippen LogP contribution in [0.15, 0.2) is 42.5 Å². The molecule has 0 heteroatoms. The van der Waals surface area contributed by atoms with Crippen molar-refractivity contribution >= 4 is 0 Å². The fourth-order valence-corrected chi connectivity index (χ4v) is 5.56. The van der Waals surface area contributed by atoms with Gasteiger partial charge in [0, 0.05) is 0 Å². The third-order valence-electron chi connectivity index (χ3n) is 7.71. The molecule has 2 aromatic carbocycles. The van der Waals surface area contributed by atoms with Crippen LogP contribution in [0, 0.1) is 11.8 Å². The Bertz CT molecular complexity index is 753. The molecular weight excluding hydrogens is 336 g/mol. The van der Waals surface area contributed by atoms with E-state index in [-0.39, 0.29) is 0 Å². The smallest absolute Gasteiger partial charge is 0.0152 e. The van der Waals surface area contributed by atoms with Gasteiger partial charge in [0.2, 0.25) is 0 Å². The minimum absolute atomic E-state index is 0.784. The van der Waals surface area contributed by atoms with Crippen molar-refractivity contribution < 1.29 is 0 Å². The van der Waals surface area contributed by atoms with Gasteiger partial charge < -0.3 is 0 Å². The maximum Gasteiger partial charge on any atom is -0.0152 e. The van der Waals surface area contributed by atoms with E-state index in [2.05, 4.69) is 63.2 Å². The van der Waals surface area contributed by atoms with Crippen molar-refractivity contribution in [3.8, 4) is 11.1 Å². The third kappa shape index (κ3) is 4.37. The van der Waals surface area contributed by atoms with E-state index in [1.54, 1.807) is 11.1 Å². The van der Waals surface area contributed by atoms with Gasteiger partial charge in [-0.25, -0.2) is 0 Å². The van der Waals surface area contributed by atoms with Gasteiger partial charge in [-0.15, -0.1) is 0 Å². The molecule has 0 N–H and O–H groups in total. The van der Waals surface area contributed by atoms with Crippen molar-refractivity contribution in [1.82, 2.24) is 0 Å². The van der Waals surface area contributed by atoms with Gasteiger partial charge in [0.05, 0.1) is 0 Å². The summed E-state index contributed by atoms with van der Waals surface area (Å²) in [6.07, 6.45) is 12.2. The highest BCUT2D eigenvalue weighted by Crippen LogP contribution is 2.39. The second-order valence-electron chi connectivity index (χ2n) is 9.81. The summed E-state index contributed by atoms with van der Waals surface area (Å²) in [4.78, 5) is 0. The highest BCUT2D eigenvalue weighted by Gasteiger charge is 2.21. The molecular formula is C28H38. The fourth-order valence-electron chi connectivity index (χ4n) is 5.56. The molecule has 0 saturated heterocycles. The minimum atomic E-state index is 0.784. The number of benzene rings is 2. The first-order valence-electron chi connectivity index (χ1n) is 11.9. The average molecular weight is 375 g/mol. The predicted molar refractivity (Wildman–Crippen MR) is 122 cm³/mol. The van der Waals surface area contributed by atoms with Crippen LogP contribution in [-0.4, -0.2) is 0 Å². The molecule has 4 rings (SSSR count). The van der Waals surface area contributed by atoms with Gasteiger partial charge in [0.1, 0.15) is 0 Å². The number of hydrogen-bond donors (Lipinski definition) is 0. The largest absolute Gasteiger partial charge is 0.0625 e. The summed E-state index contributed by atoms with van der Waals surface area (Å²) in [5.74, 6) is 3.42. The molecule has 2 aromatic rings. The molecule has 2 aliphatic carbocycles. The Morgan fingerprint density at radius 3 is 1.68 bits per heavy atom. The van der Waals surface area contributed by atoms with Crippen LogP contribution in [0.4, 0.5) is 0 Å². The molecule has 0 amide bonds. The van der Waals surface area contributed by atoms with Crippen LogP contribution in [0.5, 0.6) is 0 Å². The van der Waals surface area contributed by atoms with E-state index in [0.29, 0.717) is 0 Å². The quantitative estimate of drug-likeness (QED) is 0.503. The van der Waals surface area contributed by atoms with Crippen LogP contribution in [0.1, 0.15) is 101 Å². The lowest BCUT2D eigenvalue weighted by Crippen LogP contribution is -2.11. The summed E-state index contributed by atoms with van der Waals surface area (Å²) in [7, 11) is 0. The van der Waals surface area contributed by atoms with Crippen molar-refractivity contribution in [3.05, 3.63) is 59.2 Å². The SMILES string of the molecule is CCc1cc(C2CCC(C)CC2)ccc1-c1ccc(C2CCC(C)CC2)cc1. The second-order valence-corrected chi connectivity index (χ2v) is 9.81. The molecule has 2 fully saturated rings. The van der Waals surface area contributed by atoms with Crippen molar-refractivity contribution in [2.24, 2.45) is 11.8 Å². The lowest BCUT2D eigenvalue weighted by Gasteiger charge is -2.27. The zero-order chi connectivity index (χ0) is 19.5. The first-order valence-corrected chi connectivity index (χ1v) is 11.9. The van der Waals surface area contributed by atoms with Crippen LogP contribution in [0.25, 0.3) is 11.1 Å². The van der Waals surface area contributed by atoms with Crippen molar-refractivity contribution in [2.75, 3.05) is 0 Å². The number of hydrogen-bond acceptors (Lipinski definition) is 0. The van der Waals surface area contributed by atoms with Gasteiger partial charge in [-0.05, 0) is 83.6 Å². The minimum Gasteiger partial charge on any atom is -0.0625 e. The molecule has 150 valence electrons. The molecule has 0 radical (unpaired) electrons. The number of aryl methyl sites for hydroxylation is 1. The van der Waals surface area contributed by atoms with E-state index in [1.807, 2.05) is 0 Å². The van der Waals surface area contributed by atoms with Gasteiger partial charge in [-0.2, -0.15) is 0 Å². The summed E-state index contributed by atoms with van der Waals surface area (Å²) in [6.45, 7) is 7.13. The fraction of sp³-hybridized carbons (Fsp3) is 0.571. The Kier molecular flexibility index (Phi) is 6.24. The van der Waals surface area contributed by atoms with Crippen LogP contribution in [0.3, 0.4) is 0 Å². The van der Waals surface area contributed by atoms with E-state index >= 15 is 0 Å². The van der Waals surface area contributed by atoms with Crippen LogP contribution < -0.4 is 0 Å². The van der Waals surface area contributed by atoms with E-state index in [1.165, 1.54) is 68.1 Å². The highest BCUT2D eigenvalue weighted by atomic mass is 14.3. The van der Waals surface area contributed by atoms with Gasteiger partial charge in [-0.1, -0.05) is 88.9 Å². The second kappa shape index (κ2) is 8.85. The molecule has 0 heterocycles. The normalized spacial score (nSPS) is 28.2. The van der Waals surface area contributed by atoms with E-state index in [9.17, 15) is 0 Å². The zero-order valence-electron chi connectivity index (χ0n) is 18.2. The predicted octanol–water partition coefficient (Wildman–Crippen LogP) is 8.50. The van der Waals surface area contributed by atoms with Gasteiger partial charge in [-0.3, -0.25) is 0 Å². The molecule has 2 aliphatic rings. The molecule has 0 aliphatic heterocycles. The summed E-state index contributed by atoms with van der Waals surface area (Å²) in [6, 6.07) is 16.9. The molecule has 0 atom stereocenters. The van der Waals surface area contributed by atoms with E-state index < -0.39 is 0 Å². The maximum absolute atomic E-state index is 2.52. The van der Waals surface area contributed by atoms with E-state index in [4.69, 9.17) is 0 Å². The van der Waals surface area contributed by atoms with Gasteiger partial charge in [0.15, 0.2) is 0 Å². The molecule has 0 spiro atoms. The number of rotatable bonds is 4. The van der Waals surface area contributed by atoms with Crippen molar-refractivity contribution in [3.63, 3.8) is 0 Å². The molecule has 2 saturated carbocycles. The molecule has 0 nitrogen and oxygen atoms in total. The van der Waals surface area contributed by atoms with Crippen LogP contribution in [0.2, 0.25) is 0 Å². The topological polar surface area (TPSA) is 0 Å². The Morgan fingerprint density at radius 1 is 0.643 bits per heavy atom. The van der Waals surface area contributed by atoms with E-state index in [0.717, 1.165) is 30.1 Å². The van der Waals surface area contributed by atoms with Crippen LogP contribution >= 0.6 is 0 Å². The maximum atomic E-state index is 2.52.